The minimum Gasteiger partial charge on any atom is -0.100 e. The van der Waals surface area contributed by atoms with Crippen molar-refractivity contribution < 1.29 is 0 Å². The number of hydrogen-bond donors (Lipinski definition) is 0. The maximum atomic E-state index is 3.63. The highest BCUT2D eigenvalue weighted by molar-refractivity contribution is 6.56. The zero-order valence-corrected chi connectivity index (χ0v) is 5.49. The molecule has 0 aliphatic heterocycles. The summed E-state index contributed by atoms with van der Waals surface area (Å²) in [6.45, 7) is 8.19. The highest BCUT2D eigenvalue weighted by Gasteiger charge is 2.04. The fraction of sp³-hybridized carbons (Fsp3) is 0.600. The van der Waals surface area contributed by atoms with Gasteiger partial charge in [-0.05, 0) is 0 Å². The van der Waals surface area contributed by atoms with Crippen LogP contribution in [0, 0.1) is 0 Å². The maximum Gasteiger partial charge on any atom is 0.312 e. The normalized spacial score (nSPS) is 7.67. The fourth-order valence-electron chi connectivity index (χ4n) is 0.289. The van der Waals surface area contributed by atoms with Gasteiger partial charge in [-0.15, -0.1) is 6.58 Å². The van der Waals surface area contributed by atoms with E-state index in [0.29, 0.717) is 0 Å². The molecule has 6 heavy (non-hydrogen) atoms. The SMILES string of the molecule is C=CC[Si+](C)C. The lowest BCUT2D eigenvalue weighted by Crippen LogP contribution is -1.93. The molecule has 0 saturated carbocycles. The van der Waals surface area contributed by atoms with E-state index in [1.54, 1.807) is 0 Å². The summed E-state index contributed by atoms with van der Waals surface area (Å²) in [5, 5.41) is 0. The monoisotopic (exact) mass is 99.1 g/mol. The van der Waals surface area contributed by atoms with Gasteiger partial charge >= 0.3 is 8.80 Å². The van der Waals surface area contributed by atoms with Gasteiger partial charge in [0.05, 0.1) is 19.1 Å². The van der Waals surface area contributed by atoms with E-state index in [9.17, 15) is 0 Å². The lowest BCUT2D eigenvalue weighted by atomic mass is 10.8. The summed E-state index contributed by atoms with van der Waals surface area (Å²) in [6, 6.07) is 1.24. The maximum absolute atomic E-state index is 3.63. The molecule has 0 aliphatic rings. The molecule has 34 valence electrons. The minimum atomic E-state index is -0.00360. The van der Waals surface area contributed by atoms with E-state index < -0.39 is 0 Å². The zero-order chi connectivity index (χ0) is 4.99. The van der Waals surface area contributed by atoms with Gasteiger partial charge in [-0.2, -0.15) is 0 Å². The summed E-state index contributed by atoms with van der Waals surface area (Å²) in [4.78, 5) is 0. The quantitative estimate of drug-likeness (QED) is 0.366. The summed E-state index contributed by atoms with van der Waals surface area (Å²) in [7, 11) is -0.00360. The predicted octanol–water partition coefficient (Wildman–Crippen LogP) is 1.93. The molecule has 0 atom stereocenters. The second kappa shape index (κ2) is 3.16. The van der Waals surface area contributed by atoms with E-state index in [0.717, 1.165) is 0 Å². The van der Waals surface area contributed by atoms with E-state index in [1.807, 2.05) is 6.08 Å². The van der Waals surface area contributed by atoms with E-state index >= 15 is 0 Å². The number of rotatable bonds is 2. The Morgan fingerprint density at radius 3 is 2.17 bits per heavy atom. The smallest absolute Gasteiger partial charge is 0.100 e. The molecule has 0 spiro atoms. The molecule has 0 aromatic heterocycles. The largest absolute Gasteiger partial charge is 0.312 e. The Kier molecular flexibility index (Phi) is 3.14. The van der Waals surface area contributed by atoms with Gasteiger partial charge in [-0.3, -0.25) is 0 Å². The summed E-state index contributed by atoms with van der Waals surface area (Å²) in [6.07, 6.45) is 1.99. The Morgan fingerprint density at radius 2 is 2.17 bits per heavy atom. The van der Waals surface area contributed by atoms with Gasteiger partial charge in [0.25, 0.3) is 0 Å². The van der Waals surface area contributed by atoms with Crippen molar-refractivity contribution in [3.63, 3.8) is 0 Å². The van der Waals surface area contributed by atoms with Crippen molar-refractivity contribution in [3.05, 3.63) is 12.7 Å². The van der Waals surface area contributed by atoms with Crippen molar-refractivity contribution in [2.24, 2.45) is 0 Å². The van der Waals surface area contributed by atoms with Crippen LogP contribution in [0.25, 0.3) is 0 Å². The van der Waals surface area contributed by atoms with Crippen LogP contribution >= 0.6 is 0 Å². The first-order valence-corrected chi connectivity index (χ1v) is 4.88. The van der Waals surface area contributed by atoms with Crippen molar-refractivity contribution in [1.29, 1.82) is 0 Å². The van der Waals surface area contributed by atoms with Gasteiger partial charge in [0.2, 0.25) is 0 Å². The molecule has 0 radical (unpaired) electrons. The Balaban J connectivity index is 2.81. The average Bonchev–Trinajstić information content (AvgIpc) is 1.35. The summed E-state index contributed by atoms with van der Waals surface area (Å²) in [5.41, 5.74) is 0. The number of hydrogen-bond acceptors (Lipinski definition) is 0. The molecule has 0 unspecified atom stereocenters. The van der Waals surface area contributed by atoms with Crippen LogP contribution in [0.2, 0.25) is 19.1 Å². The lowest BCUT2D eigenvalue weighted by Gasteiger charge is -1.73. The molecular weight excluding hydrogens is 88.1 g/mol. The molecule has 0 aromatic rings. The van der Waals surface area contributed by atoms with Crippen LogP contribution in [0.15, 0.2) is 12.7 Å². The fourth-order valence-corrected chi connectivity index (χ4v) is 0.866. The summed E-state index contributed by atoms with van der Waals surface area (Å²) in [5.74, 6) is 0. The van der Waals surface area contributed by atoms with Gasteiger partial charge in [-0.1, -0.05) is 6.08 Å². The van der Waals surface area contributed by atoms with Gasteiger partial charge in [-0.25, -0.2) is 0 Å². The Hall–Kier alpha value is -0.0431. The molecule has 0 heterocycles. The summed E-state index contributed by atoms with van der Waals surface area (Å²) >= 11 is 0. The van der Waals surface area contributed by atoms with E-state index in [4.69, 9.17) is 0 Å². The molecule has 0 aliphatic carbocycles. The molecule has 0 fully saturated rings. The van der Waals surface area contributed by atoms with Crippen LogP contribution in [0.4, 0.5) is 0 Å². The van der Waals surface area contributed by atoms with Crippen molar-refractivity contribution in [2.75, 3.05) is 0 Å². The Morgan fingerprint density at radius 1 is 1.67 bits per heavy atom. The molecule has 0 saturated heterocycles. The second-order valence-corrected chi connectivity index (χ2v) is 4.52. The third-order valence-corrected chi connectivity index (χ3v) is 1.66. The molecule has 0 aromatic carbocycles. The predicted molar refractivity (Wildman–Crippen MR) is 32.5 cm³/mol. The van der Waals surface area contributed by atoms with Gasteiger partial charge in [0.15, 0.2) is 0 Å². The van der Waals surface area contributed by atoms with Gasteiger partial charge in [0.1, 0.15) is 0 Å². The van der Waals surface area contributed by atoms with E-state index in [-0.39, 0.29) is 8.80 Å². The third kappa shape index (κ3) is 3.96. The van der Waals surface area contributed by atoms with Crippen LogP contribution in [-0.4, -0.2) is 8.80 Å². The highest BCUT2D eigenvalue weighted by atomic mass is 28.3. The molecule has 0 amide bonds. The van der Waals surface area contributed by atoms with Crippen LogP contribution < -0.4 is 0 Å². The minimum absolute atomic E-state index is 0.00360. The van der Waals surface area contributed by atoms with Crippen molar-refractivity contribution in [3.8, 4) is 0 Å². The number of allylic oxidation sites excluding steroid dienone is 1. The first kappa shape index (κ1) is 5.96. The zero-order valence-electron chi connectivity index (χ0n) is 4.49. The molecule has 0 bridgehead atoms. The van der Waals surface area contributed by atoms with E-state index in [2.05, 4.69) is 19.7 Å². The lowest BCUT2D eigenvalue weighted by molar-refractivity contribution is 1.63. The topological polar surface area (TPSA) is 0 Å². The standard InChI is InChI=1S/C5H11Si/c1-4-5-6(2)3/h4H,1,5H2,2-3H3/q+1. The first-order valence-electron chi connectivity index (χ1n) is 2.17. The second-order valence-electron chi connectivity index (χ2n) is 1.70. The third-order valence-electron chi connectivity index (χ3n) is 0.553. The van der Waals surface area contributed by atoms with Crippen LogP contribution in [0.1, 0.15) is 0 Å². The average molecular weight is 99.2 g/mol. The van der Waals surface area contributed by atoms with E-state index in [1.165, 1.54) is 6.04 Å². The molecular formula is C5H11Si+. The van der Waals surface area contributed by atoms with Crippen molar-refractivity contribution in [1.82, 2.24) is 0 Å². The molecule has 0 rings (SSSR count). The van der Waals surface area contributed by atoms with Gasteiger partial charge in [0, 0.05) is 0 Å². The van der Waals surface area contributed by atoms with Crippen LogP contribution in [0.3, 0.4) is 0 Å². The van der Waals surface area contributed by atoms with Crippen molar-refractivity contribution >= 4 is 8.80 Å². The van der Waals surface area contributed by atoms with Crippen LogP contribution in [0.5, 0.6) is 0 Å². The summed E-state index contributed by atoms with van der Waals surface area (Å²) < 4.78 is 0. The first-order chi connectivity index (χ1) is 2.77. The highest BCUT2D eigenvalue weighted by Crippen LogP contribution is 1.87. The Bertz CT molecular complexity index is 39.2. The molecule has 0 nitrogen and oxygen atoms in total. The molecule has 1 heteroatoms. The van der Waals surface area contributed by atoms with Crippen molar-refractivity contribution in [2.45, 2.75) is 19.1 Å². The Labute approximate surface area is 41.5 Å². The van der Waals surface area contributed by atoms with Crippen LogP contribution in [-0.2, 0) is 0 Å². The molecule has 0 N–H and O–H groups in total. The van der Waals surface area contributed by atoms with Gasteiger partial charge < -0.3 is 0 Å².